The summed E-state index contributed by atoms with van der Waals surface area (Å²) in [5.41, 5.74) is 0.636. The van der Waals surface area contributed by atoms with E-state index in [1.54, 1.807) is 44.7 Å². The molecular weight excluding hydrogens is 412 g/mol. The summed E-state index contributed by atoms with van der Waals surface area (Å²) in [6, 6.07) is 14.6. The summed E-state index contributed by atoms with van der Waals surface area (Å²) in [7, 11) is 3.23. The maximum absolute atomic E-state index is 6.04. The van der Waals surface area contributed by atoms with Gasteiger partial charge in [-0.15, -0.1) is 0 Å². The van der Waals surface area contributed by atoms with Crippen LogP contribution in [0, 0.1) is 0 Å². The van der Waals surface area contributed by atoms with E-state index in [9.17, 15) is 0 Å². The van der Waals surface area contributed by atoms with E-state index >= 15 is 0 Å². The fraction of sp³-hybridized carbons (Fsp3) is 0.304. The van der Waals surface area contributed by atoms with Crippen LogP contribution in [0.1, 0.15) is 0 Å². The minimum Gasteiger partial charge on any atom is -0.497 e. The van der Waals surface area contributed by atoms with Crippen LogP contribution < -0.4 is 29.6 Å². The first kappa shape index (κ1) is 21.7. The van der Waals surface area contributed by atoms with E-state index in [1.165, 1.54) is 0 Å². The highest BCUT2D eigenvalue weighted by Gasteiger charge is 2.16. The van der Waals surface area contributed by atoms with Crippen molar-refractivity contribution < 1.29 is 23.7 Å². The van der Waals surface area contributed by atoms with Crippen molar-refractivity contribution in [2.75, 3.05) is 45.8 Å². The van der Waals surface area contributed by atoms with Crippen molar-refractivity contribution in [3.8, 4) is 34.9 Å². The molecule has 168 valence electrons. The van der Waals surface area contributed by atoms with E-state index < -0.39 is 0 Å². The lowest BCUT2D eigenvalue weighted by Crippen LogP contribution is -2.42. The Balaban J connectivity index is 1.53. The SMILES string of the molecule is COc1ccc(Oc2ncc(NCC3CNCCO3)c(Oc3ccc(OC)cc3)n2)cc1. The van der Waals surface area contributed by atoms with Gasteiger partial charge in [0.15, 0.2) is 0 Å². The fourth-order valence-corrected chi connectivity index (χ4v) is 3.08. The van der Waals surface area contributed by atoms with Crippen molar-refractivity contribution in [3.05, 3.63) is 54.7 Å². The van der Waals surface area contributed by atoms with E-state index in [1.807, 2.05) is 24.3 Å². The molecule has 1 aliphatic heterocycles. The second kappa shape index (κ2) is 10.7. The molecule has 9 nitrogen and oxygen atoms in total. The maximum Gasteiger partial charge on any atom is 0.325 e. The summed E-state index contributed by atoms with van der Waals surface area (Å²) in [5, 5.41) is 6.63. The third-order valence-electron chi connectivity index (χ3n) is 4.80. The first-order valence-corrected chi connectivity index (χ1v) is 10.3. The van der Waals surface area contributed by atoms with Crippen molar-refractivity contribution in [2.45, 2.75) is 6.10 Å². The van der Waals surface area contributed by atoms with Gasteiger partial charge < -0.3 is 34.3 Å². The summed E-state index contributed by atoms with van der Waals surface area (Å²) in [5.74, 6) is 3.02. The van der Waals surface area contributed by atoms with Crippen LogP contribution in [0.2, 0.25) is 0 Å². The van der Waals surface area contributed by atoms with Crippen LogP contribution in [0.25, 0.3) is 0 Å². The average molecular weight is 438 g/mol. The van der Waals surface area contributed by atoms with E-state index in [4.69, 9.17) is 23.7 Å². The zero-order valence-corrected chi connectivity index (χ0v) is 18.0. The number of aromatic nitrogens is 2. The van der Waals surface area contributed by atoms with Gasteiger partial charge in [-0.3, -0.25) is 0 Å². The van der Waals surface area contributed by atoms with Gasteiger partial charge in [0.25, 0.3) is 0 Å². The zero-order valence-electron chi connectivity index (χ0n) is 18.0. The molecule has 0 radical (unpaired) electrons. The van der Waals surface area contributed by atoms with Crippen LogP contribution in [0.3, 0.4) is 0 Å². The molecule has 0 aliphatic carbocycles. The first-order valence-electron chi connectivity index (χ1n) is 10.3. The van der Waals surface area contributed by atoms with E-state index in [2.05, 4.69) is 20.6 Å². The zero-order chi connectivity index (χ0) is 22.2. The first-order chi connectivity index (χ1) is 15.7. The molecule has 3 aromatic rings. The summed E-state index contributed by atoms with van der Waals surface area (Å²) in [6.45, 7) is 2.92. The molecule has 0 spiro atoms. The maximum atomic E-state index is 6.04. The lowest BCUT2D eigenvalue weighted by atomic mass is 10.3. The van der Waals surface area contributed by atoms with E-state index in [0.29, 0.717) is 36.2 Å². The summed E-state index contributed by atoms with van der Waals surface area (Å²) in [6.07, 6.45) is 1.69. The smallest absolute Gasteiger partial charge is 0.325 e. The number of anilines is 1. The van der Waals surface area contributed by atoms with Crippen molar-refractivity contribution in [1.29, 1.82) is 0 Å². The van der Waals surface area contributed by atoms with Gasteiger partial charge in [0.05, 0.1) is 33.1 Å². The third kappa shape index (κ3) is 5.77. The molecule has 2 heterocycles. The molecule has 4 rings (SSSR count). The molecule has 1 aliphatic rings. The highest BCUT2D eigenvalue weighted by Crippen LogP contribution is 2.31. The Morgan fingerprint density at radius 1 is 0.938 bits per heavy atom. The van der Waals surface area contributed by atoms with Crippen LogP contribution in [0.5, 0.6) is 34.9 Å². The topological polar surface area (TPSA) is 96.0 Å². The predicted octanol–water partition coefficient (Wildman–Crippen LogP) is 3.48. The highest BCUT2D eigenvalue weighted by molar-refractivity contribution is 5.53. The summed E-state index contributed by atoms with van der Waals surface area (Å²) in [4.78, 5) is 8.80. The summed E-state index contributed by atoms with van der Waals surface area (Å²) < 4.78 is 28.0. The Morgan fingerprint density at radius 2 is 1.56 bits per heavy atom. The van der Waals surface area contributed by atoms with Gasteiger partial charge in [0.2, 0.25) is 5.88 Å². The highest BCUT2D eigenvalue weighted by atomic mass is 16.5. The Kier molecular flexibility index (Phi) is 7.21. The number of morpholine rings is 1. The number of hydrogen-bond acceptors (Lipinski definition) is 9. The van der Waals surface area contributed by atoms with Crippen molar-refractivity contribution in [3.63, 3.8) is 0 Å². The average Bonchev–Trinajstić information content (AvgIpc) is 2.85. The van der Waals surface area contributed by atoms with Crippen LogP contribution in [-0.2, 0) is 4.74 Å². The molecule has 9 heteroatoms. The molecular formula is C23H26N4O5. The lowest BCUT2D eigenvalue weighted by molar-refractivity contribution is 0.0372. The quantitative estimate of drug-likeness (QED) is 0.520. The standard InChI is InChI=1S/C23H26N4O5/c1-28-16-3-7-18(8-4-16)31-22-21(25-14-20-13-24-11-12-30-20)15-26-23(27-22)32-19-9-5-17(29-2)6-10-19/h3-10,15,20,24-25H,11-14H2,1-2H3. The minimum absolute atomic E-state index is 0.0489. The second-order valence-electron chi connectivity index (χ2n) is 7.00. The molecule has 1 atom stereocenters. The van der Waals surface area contributed by atoms with E-state index in [0.717, 1.165) is 24.6 Å². The van der Waals surface area contributed by atoms with E-state index in [-0.39, 0.29) is 12.1 Å². The normalized spacial score (nSPS) is 15.6. The largest absolute Gasteiger partial charge is 0.497 e. The fourth-order valence-electron chi connectivity index (χ4n) is 3.08. The molecule has 1 aromatic heterocycles. The van der Waals surface area contributed by atoms with Crippen LogP contribution in [0.4, 0.5) is 5.69 Å². The molecule has 32 heavy (non-hydrogen) atoms. The molecule has 0 bridgehead atoms. The van der Waals surface area contributed by atoms with Gasteiger partial charge >= 0.3 is 6.01 Å². The molecule has 1 unspecified atom stereocenters. The number of ether oxygens (including phenoxy) is 5. The Bertz CT molecular complexity index is 992. The number of nitrogens with zero attached hydrogens (tertiary/aromatic N) is 2. The number of nitrogens with one attached hydrogen (secondary N) is 2. The predicted molar refractivity (Wildman–Crippen MR) is 119 cm³/mol. The molecule has 0 amide bonds. The van der Waals surface area contributed by atoms with Gasteiger partial charge in [0, 0.05) is 19.6 Å². The minimum atomic E-state index is 0.0489. The van der Waals surface area contributed by atoms with Gasteiger partial charge in [0.1, 0.15) is 28.7 Å². The molecule has 2 aromatic carbocycles. The summed E-state index contributed by atoms with van der Waals surface area (Å²) >= 11 is 0. The second-order valence-corrected chi connectivity index (χ2v) is 7.00. The molecule has 0 saturated carbocycles. The van der Waals surface area contributed by atoms with Crippen molar-refractivity contribution in [2.24, 2.45) is 0 Å². The Morgan fingerprint density at radius 3 is 2.16 bits per heavy atom. The molecule has 2 N–H and O–H groups in total. The lowest BCUT2D eigenvalue weighted by Gasteiger charge is -2.24. The monoisotopic (exact) mass is 438 g/mol. The molecule has 1 saturated heterocycles. The number of methoxy groups -OCH3 is 2. The molecule has 1 fully saturated rings. The van der Waals surface area contributed by atoms with Crippen LogP contribution in [-0.4, -0.2) is 56.5 Å². The van der Waals surface area contributed by atoms with Crippen molar-refractivity contribution in [1.82, 2.24) is 15.3 Å². The Labute approximate surface area is 186 Å². The number of benzene rings is 2. The van der Waals surface area contributed by atoms with Gasteiger partial charge in [-0.2, -0.15) is 4.98 Å². The van der Waals surface area contributed by atoms with Gasteiger partial charge in [-0.1, -0.05) is 0 Å². The number of hydrogen-bond donors (Lipinski definition) is 2. The van der Waals surface area contributed by atoms with Crippen LogP contribution >= 0.6 is 0 Å². The van der Waals surface area contributed by atoms with Crippen LogP contribution in [0.15, 0.2) is 54.7 Å². The van der Waals surface area contributed by atoms with Crippen molar-refractivity contribution >= 4 is 5.69 Å². The Hall–Kier alpha value is -3.56. The number of rotatable bonds is 9. The van der Waals surface area contributed by atoms with Gasteiger partial charge in [-0.05, 0) is 48.5 Å². The van der Waals surface area contributed by atoms with Gasteiger partial charge in [-0.25, -0.2) is 4.98 Å². The third-order valence-corrected chi connectivity index (χ3v) is 4.80.